The zero-order valence-electron chi connectivity index (χ0n) is 7.92. The Morgan fingerprint density at radius 1 is 1.42 bits per heavy atom. The molecule has 0 aromatic rings. The van der Waals surface area contributed by atoms with Gasteiger partial charge in [-0.05, 0) is 11.8 Å². The van der Waals surface area contributed by atoms with E-state index >= 15 is 0 Å². The van der Waals surface area contributed by atoms with E-state index in [0.717, 1.165) is 18.1 Å². The van der Waals surface area contributed by atoms with Gasteiger partial charge in [-0.25, -0.2) is 4.79 Å². The van der Waals surface area contributed by atoms with Crippen LogP contribution in [0.15, 0.2) is 24.3 Å². The molecule has 2 heteroatoms. The molecule has 0 amide bonds. The first-order chi connectivity index (χ1) is 5.31. The molecule has 0 saturated carbocycles. The van der Waals surface area contributed by atoms with Gasteiger partial charge in [0.25, 0.3) is 0 Å². The Morgan fingerprint density at radius 3 is 2.25 bits per heavy atom. The fourth-order valence-corrected chi connectivity index (χ4v) is 0.929. The lowest BCUT2D eigenvalue weighted by atomic mass is 9.88. The summed E-state index contributed by atoms with van der Waals surface area (Å²) >= 11 is 0. The monoisotopic (exact) mass is 168 g/mol. The summed E-state index contributed by atoms with van der Waals surface area (Å²) in [6, 6.07) is 0. The Hall–Kier alpha value is -1.05. The molecule has 0 bridgehead atoms. The molecule has 0 spiro atoms. The van der Waals surface area contributed by atoms with Crippen LogP contribution >= 0.6 is 0 Å². The van der Waals surface area contributed by atoms with Crippen LogP contribution in [0.1, 0.15) is 27.2 Å². The summed E-state index contributed by atoms with van der Waals surface area (Å²) in [7, 11) is 0. The molecule has 0 aromatic heterocycles. The van der Waals surface area contributed by atoms with Gasteiger partial charge in [0.15, 0.2) is 0 Å². The SMILES string of the molecule is C=C(C=CC(=O)O)CC(C)(C)C. The van der Waals surface area contributed by atoms with Crippen molar-refractivity contribution in [1.29, 1.82) is 0 Å². The predicted molar refractivity (Wildman–Crippen MR) is 50.0 cm³/mol. The van der Waals surface area contributed by atoms with Crippen molar-refractivity contribution in [3.05, 3.63) is 24.3 Å². The summed E-state index contributed by atoms with van der Waals surface area (Å²) in [5.74, 6) is -0.926. The standard InChI is InChI=1S/C10H16O2/c1-8(5-6-9(11)12)7-10(2,3)4/h5-6H,1,7H2,2-4H3,(H,11,12). The average molecular weight is 168 g/mol. The molecular weight excluding hydrogens is 152 g/mol. The Balaban J connectivity index is 3.99. The summed E-state index contributed by atoms with van der Waals surface area (Å²) < 4.78 is 0. The fraction of sp³-hybridized carbons (Fsp3) is 0.500. The van der Waals surface area contributed by atoms with Crippen LogP contribution in [0.3, 0.4) is 0 Å². The molecule has 0 radical (unpaired) electrons. The third kappa shape index (κ3) is 7.06. The minimum atomic E-state index is -0.926. The number of hydrogen-bond acceptors (Lipinski definition) is 1. The number of hydrogen-bond donors (Lipinski definition) is 1. The number of carbonyl (C=O) groups is 1. The lowest BCUT2D eigenvalue weighted by Gasteiger charge is -2.17. The molecule has 0 aromatic carbocycles. The second-order valence-corrected chi connectivity index (χ2v) is 4.07. The van der Waals surface area contributed by atoms with E-state index in [9.17, 15) is 4.79 Å². The summed E-state index contributed by atoms with van der Waals surface area (Å²) in [5, 5.41) is 8.33. The fourth-order valence-electron chi connectivity index (χ4n) is 0.929. The first-order valence-corrected chi connectivity index (χ1v) is 3.90. The van der Waals surface area contributed by atoms with E-state index in [2.05, 4.69) is 27.4 Å². The minimum absolute atomic E-state index is 0.167. The Bertz CT molecular complexity index is 206. The number of aliphatic carboxylic acids is 1. The lowest BCUT2D eigenvalue weighted by Crippen LogP contribution is -2.04. The molecule has 0 heterocycles. The van der Waals surface area contributed by atoms with E-state index in [0.29, 0.717) is 0 Å². The first kappa shape index (κ1) is 11.0. The first-order valence-electron chi connectivity index (χ1n) is 3.90. The average Bonchev–Trinajstić information content (AvgIpc) is 1.79. The van der Waals surface area contributed by atoms with Crippen LogP contribution < -0.4 is 0 Å². The second kappa shape index (κ2) is 4.10. The summed E-state index contributed by atoms with van der Waals surface area (Å²) in [5.41, 5.74) is 1.02. The molecule has 0 aliphatic heterocycles. The molecule has 0 atom stereocenters. The maximum Gasteiger partial charge on any atom is 0.328 e. The molecule has 0 rings (SSSR count). The van der Waals surface area contributed by atoms with Crippen LogP contribution in [0.25, 0.3) is 0 Å². The maximum atomic E-state index is 10.1. The smallest absolute Gasteiger partial charge is 0.328 e. The van der Waals surface area contributed by atoms with E-state index in [1.165, 1.54) is 0 Å². The molecule has 0 fully saturated rings. The molecular formula is C10H16O2. The lowest BCUT2D eigenvalue weighted by molar-refractivity contribution is -0.131. The van der Waals surface area contributed by atoms with Crippen LogP contribution in [0, 0.1) is 5.41 Å². The summed E-state index contributed by atoms with van der Waals surface area (Å²) in [4.78, 5) is 10.1. The van der Waals surface area contributed by atoms with Gasteiger partial charge in [0.1, 0.15) is 0 Å². The van der Waals surface area contributed by atoms with Gasteiger partial charge < -0.3 is 5.11 Å². The van der Waals surface area contributed by atoms with Gasteiger partial charge in [0.05, 0.1) is 0 Å². The van der Waals surface area contributed by atoms with E-state index in [1.54, 1.807) is 6.08 Å². The highest BCUT2D eigenvalue weighted by Gasteiger charge is 2.10. The van der Waals surface area contributed by atoms with Crippen molar-refractivity contribution >= 4 is 5.97 Å². The van der Waals surface area contributed by atoms with Gasteiger partial charge in [0.2, 0.25) is 0 Å². The van der Waals surface area contributed by atoms with Crippen molar-refractivity contribution in [3.8, 4) is 0 Å². The van der Waals surface area contributed by atoms with Crippen LogP contribution in [0.4, 0.5) is 0 Å². The largest absolute Gasteiger partial charge is 0.478 e. The zero-order chi connectivity index (χ0) is 9.78. The van der Waals surface area contributed by atoms with Gasteiger partial charge in [-0.1, -0.05) is 39.0 Å². The molecule has 0 aliphatic rings. The quantitative estimate of drug-likeness (QED) is 0.519. The van der Waals surface area contributed by atoms with Gasteiger partial charge in [-0.15, -0.1) is 0 Å². The van der Waals surface area contributed by atoms with Crippen molar-refractivity contribution in [3.63, 3.8) is 0 Å². The van der Waals surface area contributed by atoms with Crippen LogP contribution in [-0.4, -0.2) is 11.1 Å². The van der Waals surface area contributed by atoms with Crippen LogP contribution in [-0.2, 0) is 4.79 Å². The topological polar surface area (TPSA) is 37.3 Å². The number of carboxylic acid groups (broad SMARTS) is 1. The van der Waals surface area contributed by atoms with E-state index in [4.69, 9.17) is 5.11 Å². The molecule has 2 nitrogen and oxygen atoms in total. The number of rotatable bonds is 3. The molecule has 68 valence electrons. The van der Waals surface area contributed by atoms with Gasteiger partial charge in [0, 0.05) is 6.08 Å². The maximum absolute atomic E-state index is 10.1. The minimum Gasteiger partial charge on any atom is -0.478 e. The molecule has 12 heavy (non-hydrogen) atoms. The number of carboxylic acids is 1. The van der Waals surface area contributed by atoms with Crippen molar-refractivity contribution in [2.24, 2.45) is 5.41 Å². The summed E-state index contributed by atoms with van der Waals surface area (Å²) in [6.45, 7) is 10.0. The van der Waals surface area contributed by atoms with Crippen molar-refractivity contribution in [1.82, 2.24) is 0 Å². The van der Waals surface area contributed by atoms with E-state index in [-0.39, 0.29) is 5.41 Å². The van der Waals surface area contributed by atoms with E-state index in [1.807, 2.05) is 0 Å². The molecule has 0 aliphatic carbocycles. The van der Waals surface area contributed by atoms with Gasteiger partial charge in [-0.2, -0.15) is 0 Å². The third-order valence-corrected chi connectivity index (χ3v) is 1.22. The van der Waals surface area contributed by atoms with Crippen molar-refractivity contribution in [2.45, 2.75) is 27.2 Å². The van der Waals surface area contributed by atoms with Gasteiger partial charge in [-0.3, -0.25) is 0 Å². The second-order valence-electron chi connectivity index (χ2n) is 4.07. The highest BCUT2D eigenvalue weighted by atomic mass is 16.4. The number of allylic oxidation sites excluding steroid dienone is 2. The Morgan fingerprint density at radius 2 is 1.92 bits per heavy atom. The van der Waals surface area contributed by atoms with E-state index < -0.39 is 5.97 Å². The Kier molecular flexibility index (Phi) is 3.74. The third-order valence-electron chi connectivity index (χ3n) is 1.22. The summed E-state index contributed by atoms with van der Waals surface area (Å²) in [6.07, 6.45) is 3.48. The normalized spacial score (nSPS) is 11.9. The Labute approximate surface area is 73.6 Å². The highest BCUT2D eigenvalue weighted by Crippen LogP contribution is 2.23. The van der Waals surface area contributed by atoms with Crippen LogP contribution in [0.2, 0.25) is 0 Å². The predicted octanol–water partition coefficient (Wildman–Crippen LogP) is 2.62. The molecule has 0 saturated heterocycles. The van der Waals surface area contributed by atoms with Gasteiger partial charge >= 0.3 is 5.97 Å². The van der Waals surface area contributed by atoms with Crippen molar-refractivity contribution in [2.75, 3.05) is 0 Å². The highest BCUT2D eigenvalue weighted by molar-refractivity contribution is 5.80. The molecule has 0 unspecified atom stereocenters. The van der Waals surface area contributed by atoms with Crippen molar-refractivity contribution < 1.29 is 9.90 Å². The van der Waals surface area contributed by atoms with Crippen LogP contribution in [0.5, 0.6) is 0 Å². The molecule has 1 N–H and O–H groups in total. The zero-order valence-corrected chi connectivity index (χ0v) is 7.92.